The zero-order valence-electron chi connectivity index (χ0n) is 24.2. The number of hydrogen-bond donors (Lipinski definition) is 4. The molecule has 0 aromatic rings. The summed E-state index contributed by atoms with van der Waals surface area (Å²) in [5, 5.41) is 23.1. The largest absolute Gasteiger partial charge is 0.481 e. The van der Waals surface area contributed by atoms with E-state index in [1.165, 1.54) is 44.9 Å². The summed E-state index contributed by atoms with van der Waals surface area (Å²) < 4.78 is 10.2. The van der Waals surface area contributed by atoms with E-state index >= 15 is 0 Å². The second-order valence-corrected chi connectivity index (χ2v) is 10.0. The summed E-state index contributed by atoms with van der Waals surface area (Å²) in [5.74, 6) is -2.48. The molecule has 40 heavy (non-hydrogen) atoms. The first-order chi connectivity index (χ1) is 19.4. The van der Waals surface area contributed by atoms with Gasteiger partial charge in [-0.1, -0.05) is 77.0 Å². The molecule has 1 atom stereocenters. The van der Waals surface area contributed by atoms with Crippen LogP contribution in [0.4, 0.5) is 0 Å². The highest BCUT2D eigenvalue weighted by Gasteiger charge is 2.20. The van der Waals surface area contributed by atoms with Crippen molar-refractivity contribution in [3.63, 3.8) is 0 Å². The van der Waals surface area contributed by atoms with E-state index in [0.29, 0.717) is 19.3 Å². The molecular formula is C29H52N2O9. The Morgan fingerprint density at radius 2 is 1.12 bits per heavy atom. The predicted molar refractivity (Wildman–Crippen MR) is 151 cm³/mol. The van der Waals surface area contributed by atoms with Gasteiger partial charge in [0, 0.05) is 25.8 Å². The molecule has 0 aliphatic carbocycles. The predicted octanol–water partition coefficient (Wildman–Crippen LogP) is 4.01. The molecule has 0 saturated carbocycles. The minimum Gasteiger partial charge on any atom is -0.481 e. The molecule has 11 nitrogen and oxygen atoms in total. The van der Waals surface area contributed by atoms with Crippen LogP contribution < -0.4 is 10.6 Å². The van der Waals surface area contributed by atoms with Gasteiger partial charge in [0.05, 0.1) is 19.8 Å². The molecule has 0 aliphatic rings. The van der Waals surface area contributed by atoms with Gasteiger partial charge in [-0.25, -0.2) is 4.79 Å². The molecule has 0 aromatic carbocycles. The molecule has 232 valence electrons. The fraction of sp³-hybridized carbons (Fsp3) is 0.828. The van der Waals surface area contributed by atoms with Gasteiger partial charge in [0.1, 0.15) is 18.9 Å². The van der Waals surface area contributed by atoms with Crippen molar-refractivity contribution in [1.29, 1.82) is 0 Å². The number of ether oxygens (including phenoxy) is 2. The molecule has 0 aliphatic heterocycles. The topological polar surface area (TPSA) is 168 Å². The maximum absolute atomic E-state index is 12.2. The lowest BCUT2D eigenvalue weighted by atomic mass is 10.0. The Kier molecular flexibility index (Phi) is 26.2. The van der Waals surface area contributed by atoms with E-state index in [0.717, 1.165) is 38.5 Å². The van der Waals surface area contributed by atoms with Crippen molar-refractivity contribution >= 4 is 30.0 Å². The first-order valence-corrected chi connectivity index (χ1v) is 15.0. The zero-order valence-corrected chi connectivity index (χ0v) is 24.2. The highest BCUT2D eigenvalue weighted by atomic mass is 16.5. The Labute approximate surface area is 239 Å². The Morgan fingerprint density at radius 1 is 0.625 bits per heavy atom. The van der Waals surface area contributed by atoms with E-state index in [-0.39, 0.29) is 63.9 Å². The van der Waals surface area contributed by atoms with Crippen molar-refractivity contribution in [2.75, 3.05) is 33.0 Å². The number of amides is 2. The number of rotatable bonds is 30. The molecule has 0 rings (SSSR count). The van der Waals surface area contributed by atoms with E-state index in [1.807, 2.05) is 0 Å². The summed E-state index contributed by atoms with van der Waals surface area (Å²) in [6.07, 6.45) is 16.5. The minimum absolute atomic E-state index is 0.0140. The fourth-order valence-corrected chi connectivity index (χ4v) is 4.18. The highest BCUT2D eigenvalue weighted by Crippen LogP contribution is 2.14. The first kappa shape index (κ1) is 37.5. The molecule has 0 heterocycles. The molecule has 0 aromatic heterocycles. The van der Waals surface area contributed by atoms with Crippen molar-refractivity contribution in [1.82, 2.24) is 10.6 Å². The van der Waals surface area contributed by atoms with Crippen LogP contribution >= 0.6 is 0 Å². The third-order valence-corrected chi connectivity index (χ3v) is 6.46. The van der Waals surface area contributed by atoms with Gasteiger partial charge in [-0.2, -0.15) is 0 Å². The van der Waals surface area contributed by atoms with Crippen LogP contribution in [0.2, 0.25) is 0 Å². The van der Waals surface area contributed by atoms with Gasteiger partial charge in [0.2, 0.25) is 11.8 Å². The maximum Gasteiger partial charge on any atom is 0.326 e. The molecule has 4 N–H and O–H groups in total. The van der Waals surface area contributed by atoms with Crippen LogP contribution in [0.1, 0.15) is 116 Å². The number of aldehydes is 1. The van der Waals surface area contributed by atoms with Gasteiger partial charge in [-0.15, -0.1) is 0 Å². The average molecular weight is 573 g/mol. The smallest absolute Gasteiger partial charge is 0.326 e. The molecule has 0 bridgehead atoms. The number of hydrogen-bond acceptors (Lipinski definition) is 7. The average Bonchev–Trinajstić information content (AvgIpc) is 2.91. The van der Waals surface area contributed by atoms with Crippen molar-refractivity contribution in [3.8, 4) is 0 Å². The summed E-state index contributed by atoms with van der Waals surface area (Å²) >= 11 is 0. The summed E-state index contributed by atoms with van der Waals surface area (Å²) in [6.45, 7) is 1.16. The Bertz CT molecular complexity index is 688. The summed E-state index contributed by atoms with van der Waals surface area (Å²) in [6, 6.07) is -1.10. The monoisotopic (exact) mass is 572 g/mol. The minimum atomic E-state index is -1.16. The van der Waals surface area contributed by atoms with Crippen LogP contribution in [0.15, 0.2) is 0 Å². The van der Waals surface area contributed by atoms with Crippen molar-refractivity contribution < 1.29 is 43.7 Å². The summed E-state index contributed by atoms with van der Waals surface area (Å²) in [4.78, 5) is 56.1. The van der Waals surface area contributed by atoms with Crippen LogP contribution in [0.5, 0.6) is 0 Å². The van der Waals surface area contributed by atoms with Crippen LogP contribution in [0.25, 0.3) is 0 Å². The van der Waals surface area contributed by atoms with Crippen molar-refractivity contribution in [2.45, 2.75) is 122 Å². The Morgan fingerprint density at radius 3 is 1.62 bits per heavy atom. The second-order valence-electron chi connectivity index (χ2n) is 10.0. The third kappa shape index (κ3) is 27.1. The Balaban J connectivity index is 3.64. The molecular weight excluding hydrogens is 520 g/mol. The van der Waals surface area contributed by atoms with Crippen LogP contribution in [-0.4, -0.2) is 79.3 Å². The van der Waals surface area contributed by atoms with Gasteiger partial charge in [0.25, 0.3) is 0 Å². The van der Waals surface area contributed by atoms with E-state index < -0.39 is 18.0 Å². The number of nitrogens with one attached hydrogen (secondary N) is 2. The first-order valence-electron chi connectivity index (χ1n) is 15.0. The summed E-state index contributed by atoms with van der Waals surface area (Å²) in [5.41, 5.74) is 0. The lowest BCUT2D eigenvalue weighted by Gasteiger charge is -2.14. The second kappa shape index (κ2) is 28.0. The van der Waals surface area contributed by atoms with Gasteiger partial charge >= 0.3 is 11.9 Å². The fourth-order valence-electron chi connectivity index (χ4n) is 4.18. The van der Waals surface area contributed by atoms with Crippen LogP contribution in [0.3, 0.4) is 0 Å². The molecule has 0 fully saturated rings. The highest BCUT2D eigenvalue weighted by molar-refractivity contribution is 5.84. The van der Waals surface area contributed by atoms with Crippen LogP contribution in [-0.2, 0) is 33.4 Å². The number of carboxylic acids is 2. The van der Waals surface area contributed by atoms with Gasteiger partial charge < -0.3 is 35.1 Å². The zero-order chi connectivity index (χ0) is 29.7. The molecule has 0 radical (unpaired) electrons. The standard InChI is InChI=1S/C29H52N2O9/c32-20-22-40-24-23-39-21-19-30-26(33)18-17-25(29(37)38)31-27(34)15-13-11-9-7-5-3-1-2-4-6-8-10-12-14-16-28(35)36/h20,25H,1-19,21-24H2,(H,30,33)(H,31,34)(H,35,36)(H,37,38)/t25-/m0/s1. The van der Waals surface area contributed by atoms with E-state index in [1.54, 1.807) is 0 Å². The van der Waals surface area contributed by atoms with Crippen molar-refractivity contribution in [3.05, 3.63) is 0 Å². The molecule has 0 saturated heterocycles. The summed E-state index contributed by atoms with van der Waals surface area (Å²) in [7, 11) is 0. The molecule has 0 spiro atoms. The van der Waals surface area contributed by atoms with Gasteiger partial charge in [0.15, 0.2) is 0 Å². The molecule has 0 unspecified atom stereocenters. The quantitative estimate of drug-likeness (QED) is 0.0734. The number of unbranched alkanes of at least 4 members (excludes halogenated alkanes) is 13. The van der Waals surface area contributed by atoms with E-state index in [2.05, 4.69) is 10.6 Å². The number of carboxylic acid groups (broad SMARTS) is 2. The normalized spacial score (nSPS) is 11.6. The third-order valence-electron chi connectivity index (χ3n) is 6.46. The number of carbonyl (C=O) groups is 5. The maximum atomic E-state index is 12.2. The SMILES string of the molecule is O=CCOCCOCCNC(=O)CC[C@H](NC(=O)CCCCCCCCCCCCCCCCC(=O)O)C(=O)O. The van der Waals surface area contributed by atoms with Gasteiger partial charge in [-0.3, -0.25) is 14.4 Å². The van der Waals surface area contributed by atoms with Crippen molar-refractivity contribution in [2.24, 2.45) is 0 Å². The molecule has 2 amide bonds. The Hall–Kier alpha value is -2.53. The molecule has 11 heteroatoms. The number of aliphatic carboxylic acids is 2. The van der Waals surface area contributed by atoms with E-state index in [4.69, 9.17) is 14.6 Å². The number of carbonyl (C=O) groups excluding carboxylic acids is 3. The van der Waals surface area contributed by atoms with Crippen LogP contribution in [0, 0.1) is 0 Å². The van der Waals surface area contributed by atoms with E-state index in [9.17, 15) is 29.1 Å². The lowest BCUT2D eigenvalue weighted by molar-refractivity contribution is -0.142. The van der Waals surface area contributed by atoms with Gasteiger partial charge in [-0.05, 0) is 19.3 Å². The lowest BCUT2D eigenvalue weighted by Crippen LogP contribution is -2.41.